The summed E-state index contributed by atoms with van der Waals surface area (Å²) < 4.78 is 5.35. The van der Waals surface area contributed by atoms with Gasteiger partial charge in [0.1, 0.15) is 0 Å². The molecule has 1 heterocycles. The van der Waals surface area contributed by atoms with Gasteiger partial charge in [-0.05, 0) is 18.8 Å². The van der Waals surface area contributed by atoms with Crippen molar-refractivity contribution in [3.63, 3.8) is 0 Å². The summed E-state index contributed by atoms with van der Waals surface area (Å²) in [5.74, 6) is 0.623. The topological polar surface area (TPSA) is 36.3 Å². The molecule has 0 N–H and O–H groups in total. The van der Waals surface area contributed by atoms with E-state index < -0.39 is 0 Å². The van der Waals surface area contributed by atoms with Gasteiger partial charge in [0.25, 0.3) is 0 Å². The molecule has 78 valence electrons. The Kier molecular flexibility index (Phi) is 3.39. The van der Waals surface area contributed by atoms with E-state index in [1.165, 1.54) is 19.3 Å². The van der Waals surface area contributed by atoms with Crippen molar-refractivity contribution in [1.82, 2.24) is 4.90 Å². The maximum Gasteiger partial charge on any atom is 0.0625 e. The molecule has 1 aliphatic carbocycles. The molecule has 0 aromatic carbocycles. The molecule has 1 saturated carbocycles. The van der Waals surface area contributed by atoms with E-state index in [9.17, 15) is 0 Å². The second kappa shape index (κ2) is 4.77. The Hall–Kier alpha value is -0.590. The lowest BCUT2D eigenvalue weighted by Gasteiger charge is -2.35. The average molecular weight is 194 g/mol. The first-order chi connectivity index (χ1) is 6.92. The van der Waals surface area contributed by atoms with Crippen molar-refractivity contribution in [2.45, 2.75) is 31.7 Å². The van der Waals surface area contributed by atoms with Crippen LogP contribution in [0.3, 0.4) is 0 Å². The molecular formula is C11H18N2O. The van der Waals surface area contributed by atoms with E-state index in [1.807, 2.05) is 0 Å². The highest BCUT2D eigenvalue weighted by Gasteiger charge is 2.32. The zero-order valence-corrected chi connectivity index (χ0v) is 8.61. The van der Waals surface area contributed by atoms with Crippen LogP contribution in [0.1, 0.15) is 25.7 Å². The van der Waals surface area contributed by atoms with Crippen molar-refractivity contribution in [2.24, 2.45) is 5.92 Å². The van der Waals surface area contributed by atoms with E-state index >= 15 is 0 Å². The van der Waals surface area contributed by atoms with E-state index in [-0.39, 0.29) is 0 Å². The van der Waals surface area contributed by atoms with Crippen LogP contribution in [0, 0.1) is 17.2 Å². The van der Waals surface area contributed by atoms with Gasteiger partial charge < -0.3 is 4.74 Å². The smallest absolute Gasteiger partial charge is 0.0625 e. The quantitative estimate of drug-likeness (QED) is 0.666. The number of ether oxygens (including phenoxy) is 1. The van der Waals surface area contributed by atoms with Crippen LogP contribution in [0.4, 0.5) is 0 Å². The largest absolute Gasteiger partial charge is 0.379 e. The number of nitriles is 1. The molecule has 0 amide bonds. The molecule has 2 rings (SSSR count). The third-order valence-corrected chi connectivity index (χ3v) is 3.49. The SMILES string of the molecule is N#CC[C@H]1CCC[C@H]1N1CCOCC1. The fraction of sp³-hybridized carbons (Fsp3) is 0.909. The molecule has 0 spiro atoms. The predicted octanol–water partition coefficient (Wildman–Crippen LogP) is 1.40. The molecule has 0 aromatic rings. The lowest BCUT2D eigenvalue weighted by atomic mass is 9.99. The molecule has 14 heavy (non-hydrogen) atoms. The summed E-state index contributed by atoms with van der Waals surface area (Å²) in [5.41, 5.74) is 0. The molecule has 1 aliphatic heterocycles. The highest BCUT2D eigenvalue weighted by molar-refractivity contribution is 4.91. The molecule has 3 nitrogen and oxygen atoms in total. The Morgan fingerprint density at radius 1 is 1.29 bits per heavy atom. The van der Waals surface area contributed by atoms with Crippen molar-refractivity contribution >= 4 is 0 Å². The predicted molar refractivity (Wildman–Crippen MR) is 53.8 cm³/mol. The fourth-order valence-corrected chi connectivity index (χ4v) is 2.76. The number of rotatable bonds is 2. The zero-order valence-electron chi connectivity index (χ0n) is 8.61. The molecule has 2 atom stereocenters. The van der Waals surface area contributed by atoms with Crippen molar-refractivity contribution in [3.05, 3.63) is 0 Å². The molecular weight excluding hydrogens is 176 g/mol. The first-order valence-electron chi connectivity index (χ1n) is 5.60. The number of morpholine rings is 1. The van der Waals surface area contributed by atoms with Crippen molar-refractivity contribution < 1.29 is 4.74 Å². The van der Waals surface area contributed by atoms with Gasteiger partial charge in [0.2, 0.25) is 0 Å². The van der Waals surface area contributed by atoms with Crippen molar-refractivity contribution in [1.29, 1.82) is 5.26 Å². The summed E-state index contributed by atoms with van der Waals surface area (Å²) in [5, 5.41) is 8.75. The summed E-state index contributed by atoms with van der Waals surface area (Å²) in [6.45, 7) is 3.87. The third-order valence-electron chi connectivity index (χ3n) is 3.49. The number of hydrogen-bond acceptors (Lipinski definition) is 3. The summed E-state index contributed by atoms with van der Waals surface area (Å²) in [4.78, 5) is 2.53. The average Bonchev–Trinajstić information content (AvgIpc) is 2.68. The van der Waals surface area contributed by atoms with Crippen LogP contribution in [0.15, 0.2) is 0 Å². The molecule has 0 aromatic heterocycles. The van der Waals surface area contributed by atoms with Gasteiger partial charge in [-0.2, -0.15) is 5.26 Å². The second-order valence-electron chi connectivity index (χ2n) is 4.27. The molecule has 0 radical (unpaired) electrons. The van der Waals surface area contributed by atoms with E-state index in [1.54, 1.807) is 0 Å². The van der Waals surface area contributed by atoms with Crippen LogP contribution in [-0.4, -0.2) is 37.2 Å². The van der Waals surface area contributed by atoms with E-state index in [0.717, 1.165) is 32.7 Å². The molecule has 0 unspecified atom stereocenters. The van der Waals surface area contributed by atoms with Gasteiger partial charge in [-0.15, -0.1) is 0 Å². The third kappa shape index (κ3) is 2.08. The lowest BCUT2D eigenvalue weighted by Crippen LogP contribution is -2.45. The highest BCUT2D eigenvalue weighted by atomic mass is 16.5. The number of hydrogen-bond donors (Lipinski definition) is 0. The van der Waals surface area contributed by atoms with E-state index in [2.05, 4.69) is 11.0 Å². The van der Waals surface area contributed by atoms with Crippen LogP contribution in [0.5, 0.6) is 0 Å². The van der Waals surface area contributed by atoms with Gasteiger partial charge in [0.05, 0.1) is 19.3 Å². The lowest BCUT2D eigenvalue weighted by molar-refractivity contribution is 0.00864. The zero-order chi connectivity index (χ0) is 9.80. The Balaban J connectivity index is 1.91. The highest BCUT2D eigenvalue weighted by Crippen LogP contribution is 2.32. The maximum atomic E-state index is 8.75. The minimum Gasteiger partial charge on any atom is -0.379 e. The van der Waals surface area contributed by atoms with Gasteiger partial charge in [0, 0.05) is 25.6 Å². The summed E-state index contributed by atoms with van der Waals surface area (Å²) in [6, 6.07) is 2.99. The number of nitrogens with zero attached hydrogens (tertiary/aromatic N) is 2. The summed E-state index contributed by atoms with van der Waals surface area (Å²) in [6.07, 6.45) is 4.57. The Labute approximate surface area is 85.6 Å². The summed E-state index contributed by atoms with van der Waals surface area (Å²) >= 11 is 0. The van der Waals surface area contributed by atoms with Crippen LogP contribution >= 0.6 is 0 Å². The summed E-state index contributed by atoms with van der Waals surface area (Å²) in [7, 11) is 0. The van der Waals surface area contributed by atoms with Crippen LogP contribution in [-0.2, 0) is 4.74 Å². The first-order valence-corrected chi connectivity index (χ1v) is 5.60. The van der Waals surface area contributed by atoms with Crippen molar-refractivity contribution in [2.75, 3.05) is 26.3 Å². The van der Waals surface area contributed by atoms with Crippen LogP contribution in [0.25, 0.3) is 0 Å². The van der Waals surface area contributed by atoms with Crippen LogP contribution < -0.4 is 0 Å². The molecule has 2 fully saturated rings. The van der Waals surface area contributed by atoms with Gasteiger partial charge in [-0.3, -0.25) is 4.90 Å². The second-order valence-corrected chi connectivity index (χ2v) is 4.27. The Morgan fingerprint density at radius 2 is 2.07 bits per heavy atom. The molecule has 3 heteroatoms. The normalized spacial score (nSPS) is 34.2. The first kappa shape index (κ1) is 9.95. The van der Waals surface area contributed by atoms with Gasteiger partial charge >= 0.3 is 0 Å². The monoisotopic (exact) mass is 194 g/mol. The van der Waals surface area contributed by atoms with Gasteiger partial charge in [-0.25, -0.2) is 0 Å². The maximum absolute atomic E-state index is 8.75. The van der Waals surface area contributed by atoms with Crippen LogP contribution in [0.2, 0.25) is 0 Å². The minimum atomic E-state index is 0.623. The molecule has 2 aliphatic rings. The standard InChI is InChI=1S/C11H18N2O/c12-5-4-10-2-1-3-11(10)13-6-8-14-9-7-13/h10-11H,1-4,6-9H2/t10-,11-/m1/s1. The van der Waals surface area contributed by atoms with Crippen molar-refractivity contribution in [3.8, 4) is 6.07 Å². The van der Waals surface area contributed by atoms with E-state index in [0.29, 0.717) is 12.0 Å². The van der Waals surface area contributed by atoms with Gasteiger partial charge in [0.15, 0.2) is 0 Å². The minimum absolute atomic E-state index is 0.623. The molecule has 0 bridgehead atoms. The Morgan fingerprint density at radius 3 is 2.79 bits per heavy atom. The fourth-order valence-electron chi connectivity index (χ4n) is 2.76. The molecule has 1 saturated heterocycles. The Bertz CT molecular complexity index is 218. The van der Waals surface area contributed by atoms with Gasteiger partial charge in [-0.1, -0.05) is 6.42 Å². The van der Waals surface area contributed by atoms with E-state index in [4.69, 9.17) is 10.00 Å².